The Morgan fingerprint density at radius 3 is 2.71 bits per heavy atom. The number of aliphatic imine (C=N–C) groups is 1. The summed E-state index contributed by atoms with van der Waals surface area (Å²) in [7, 11) is 0. The molecule has 4 nitrogen and oxygen atoms in total. The van der Waals surface area contributed by atoms with Gasteiger partial charge in [0.05, 0.1) is 6.54 Å². The molecule has 1 heterocycles. The normalized spacial score (nSPS) is 22.0. The van der Waals surface area contributed by atoms with E-state index in [-0.39, 0.29) is 24.0 Å². The molecule has 1 aliphatic heterocycles. The molecule has 0 bridgehead atoms. The number of unbranched alkanes of at least 4 members (excludes halogenated alkanes) is 1. The highest BCUT2D eigenvalue weighted by Crippen LogP contribution is 2.37. The molecule has 1 saturated heterocycles. The van der Waals surface area contributed by atoms with E-state index in [1.165, 1.54) is 18.6 Å². The third kappa shape index (κ3) is 9.84. The van der Waals surface area contributed by atoms with Crippen LogP contribution in [0.4, 0.5) is 0 Å². The minimum Gasteiger partial charge on any atom is -0.382 e. The molecule has 1 atom stereocenters. The van der Waals surface area contributed by atoms with Crippen molar-refractivity contribution in [3.05, 3.63) is 0 Å². The fraction of sp³-hybridized carbons (Fsp3) is 0.933. The molecular weight excluding hydrogens is 397 g/mol. The average molecular weight is 429 g/mol. The van der Waals surface area contributed by atoms with Crippen molar-refractivity contribution in [1.82, 2.24) is 10.6 Å². The summed E-state index contributed by atoms with van der Waals surface area (Å²) < 4.78 is 5.68. The molecule has 0 aromatic carbocycles. The molecule has 0 aromatic heterocycles. The molecule has 0 saturated carbocycles. The number of thioether (sulfide) groups is 1. The molecule has 0 aromatic rings. The second-order valence-corrected chi connectivity index (χ2v) is 7.11. The molecule has 1 rings (SSSR count). The summed E-state index contributed by atoms with van der Waals surface area (Å²) >= 11 is 2.06. The molecule has 0 aliphatic carbocycles. The van der Waals surface area contributed by atoms with Gasteiger partial charge in [-0.25, -0.2) is 0 Å². The lowest BCUT2D eigenvalue weighted by Gasteiger charge is -2.21. The highest BCUT2D eigenvalue weighted by atomic mass is 127. The van der Waals surface area contributed by atoms with Gasteiger partial charge in [0.25, 0.3) is 0 Å². The van der Waals surface area contributed by atoms with Crippen LogP contribution in [0.5, 0.6) is 0 Å². The van der Waals surface area contributed by atoms with E-state index in [0.717, 1.165) is 51.6 Å². The predicted molar refractivity (Wildman–Crippen MR) is 105 cm³/mol. The number of hydrogen-bond donors (Lipinski definition) is 2. The Kier molecular flexibility index (Phi) is 13.0. The Morgan fingerprint density at radius 1 is 1.29 bits per heavy atom. The highest BCUT2D eigenvalue weighted by molar-refractivity contribution is 14.0. The van der Waals surface area contributed by atoms with E-state index in [4.69, 9.17) is 9.73 Å². The molecular formula is C15H32IN3OS. The lowest BCUT2D eigenvalue weighted by atomic mass is 10.1. The van der Waals surface area contributed by atoms with Crippen molar-refractivity contribution in [2.75, 3.05) is 38.6 Å². The van der Waals surface area contributed by atoms with Gasteiger partial charge >= 0.3 is 0 Å². The third-order valence-electron chi connectivity index (χ3n) is 3.43. The summed E-state index contributed by atoms with van der Waals surface area (Å²) in [5.41, 5.74) is 0. The molecule has 2 N–H and O–H groups in total. The first-order valence-corrected chi connectivity index (χ1v) is 8.92. The van der Waals surface area contributed by atoms with Crippen molar-refractivity contribution < 1.29 is 4.74 Å². The molecule has 6 heteroatoms. The minimum atomic E-state index is 0. The largest absolute Gasteiger partial charge is 0.382 e. The van der Waals surface area contributed by atoms with Crippen LogP contribution in [0.25, 0.3) is 0 Å². The van der Waals surface area contributed by atoms with E-state index in [2.05, 4.69) is 36.2 Å². The Balaban J connectivity index is 0.00000400. The summed E-state index contributed by atoms with van der Waals surface area (Å²) in [6.07, 6.45) is 4.84. The van der Waals surface area contributed by atoms with Gasteiger partial charge in [0.15, 0.2) is 5.96 Å². The monoisotopic (exact) mass is 429 g/mol. The van der Waals surface area contributed by atoms with Gasteiger partial charge in [-0.2, -0.15) is 11.8 Å². The van der Waals surface area contributed by atoms with Crippen LogP contribution in [0.2, 0.25) is 0 Å². The maximum Gasteiger partial charge on any atom is 0.191 e. The van der Waals surface area contributed by atoms with E-state index in [1.54, 1.807) is 0 Å². The fourth-order valence-electron chi connectivity index (χ4n) is 2.23. The summed E-state index contributed by atoms with van der Waals surface area (Å²) in [6, 6.07) is 0. The number of nitrogens with one attached hydrogen (secondary N) is 2. The van der Waals surface area contributed by atoms with Gasteiger partial charge in [-0.3, -0.25) is 4.99 Å². The van der Waals surface area contributed by atoms with E-state index >= 15 is 0 Å². The zero-order chi connectivity index (χ0) is 14.7. The minimum absolute atomic E-state index is 0. The molecule has 0 radical (unpaired) electrons. The molecule has 1 aliphatic rings. The first kappa shape index (κ1) is 21.3. The van der Waals surface area contributed by atoms with Crippen molar-refractivity contribution in [2.24, 2.45) is 4.99 Å². The maximum absolute atomic E-state index is 5.34. The van der Waals surface area contributed by atoms with Gasteiger partial charge in [-0.1, -0.05) is 0 Å². The summed E-state index contributed by atoms with van der Waals surface area (Å²) in [6.45, 7) is 10.9. The summed E-state index contributed by atoms with van der Waals surface area (Å²) in [5, 5.41) is 6.74. The van der Waals surface area contributed by atoms with Gasteiger partial charge in [-0.05, 0) is 52.2 Å². The van der Waals surface area contributed by atoms with Gasteiger partial charge in [0.2, 0.25) is 0 Å². The topological polar surface area (TPSA) is 45.7 Å². The van der Waals surface area contributed by atoms with Gasteiger partial charge in [0, 0.05) is 31.1 Å². The Labute approximate surface area is 151 Å². The van der Waals surface area contributed by atoms with Crippen LogP contribution in [-0.2, 0) is 4.74 Å². The smallest absolute Gasteiger partial charge is 0.191 e. The van der Waals surface area contributed by atoms with Crippen molar-refractivity contribution in [3.8, 4) is 0 Å². The molecule has 1 unspecified atom stereocenters. The zero-order valence-corrected chi connectivity index (χ0v) is 16.9. The van der Waals surface area contributed by atoms with Crippen LogP contribution in [0, 0.1) is 0 Å². The molecule has 126 valence electrons. The van der Waals surface area contributed by atoms with Crippen molar-refractivity contribution in [3.63, 3.8) is 0 Å². The molecule has 1 fully saturated rings. The lowest BCUT2D eigenvalue weighted by molar-refractivity contribution is 0.143. The quantitative estimate of drug-likeness (QED) is 0.256. The van der Waals surface area contributed by atoms with Crippen molar-refractivity contribution in [2.45, 2.75) is 51.2 Å². The van der Waals surface area contributed by atoms with Crippen LogP contribution in [0.15, 0.2) is 4.99 Å². The van der Waals surface area contributed by atoms with Crippen LogP contribution < -0.4 is 10.6 Å². The number of ether oxygens (including phenoxy) is 1. The van der Waals surface area contributed by atoms with Crippen molar-refractivity contribution in [1.29, 1.82) is 0 Å². The average Bonchev–Trinajstić information content (AvgIpc) is 2.87. The zero-order valence-electron chi connectivity index (χ0n) is 13.7. The number of rotatable bonds is 9. The standard InChI is InChI=1S/C15H31N3OS.HI/c1-4-16-14(17-10-6-7-11-19-5-2)18-13-15(3)9-8-12-20-15;/h4-13H2,1-3H3,(H2,16,17,18);1H. The maximum atomic E-state index is 5.34. The van der Waals surface area contributed by atoms with E-state index in [9.17, 15) is 0 Å². The second kappa shape index (κ2) is 12.8. The number of nitrogens with zero attached hydrogens (tertiary/aromatic N) is 1. The number of guanidine groups is 1. The SMILES string of the molecule is CCNC(=NCC1(C)CCCS1)NCCCCOCC.I. The lowest BCUT2D eigenvalue weighted by Crippen LogP contribution is -2.39. The van der Waals surface area contributed by atoms with E-state index < -0.39 is 0 Å². The van der Waals surface area contributed by atoms with Gasteiger partial charge < -0.3 is 15.4 Å². The van der Waals surface area contributed by atoms with Crippen molar-refractivity contribution >= 4 is 41.7 Å². The number of halogens is 1. The Bertz CT molecular complexity index is 284. The van der Waals surface area contributed by atoms with E-state index in [0.29, 0.717) is 4.75 Å². The highest BCUT2D eigenvalue weighted by Gasteiger charge is 2.29. The Morgan fingerprint density at radius 2 is 2.10 bits per heavy atom. The van der Waals surface area contributed by atoms with Crippen LogP contribution in [-0.4, -0.2) is 49.3 Å². The second-order valence-electron chi connectivity index (χ2n) is 5.43. The summed E-state index contributed by atoms with van der Waals surface area (Å²) in [4.78, 5) is 4.74. The first-order chi connectivity index (χ1) is 9.70. The van der Waals surface area contributed by atoms with Crippen LogP contribution >= 0.6 is 35.7 Å². The molecule has 0 amide bonds. The van der Waals surface area contributed by atoms with Gasteiger partial charge in [-0.15, -0.1) is 24.0 Å². The van der Waals surface area contributed by atoms with Crippen LogP contribution in [0.3, 0.4) is 0 Å². The molecule has 21 heavy (non-hydrogen) atoms. The number of hydrogen-bond acceptors (Lipinski definition) is 3. The fourth-order valence-corrected chi connectivity index (χ4v) is 3.46. The third-order valence-corrected chi connectivity index (χ3v) is 4.95. The predicted octanol–water partition coefficient (Wildman–Crippen LogP) is 3.26. The Hall–Kier alpha value is 0.310. The van der Waals surface area contributed by atoms with E-state index in [1.807, 2.05) is 6.92 Å². The van der Waals surface area contributed by atoms with Gasteiger partial charge in [0.1, 0.15) is 0 Å². The summed E-state index contributed by atoms with van der Waals surface area (Å²) in [5.74, 6) is 2.24. The first-order valence-electron chi connectivity index (χ1n) is 7.94. The molecule has 0 spiro atoms. The van der Waals surface area contributed by atoms with Crippen LogP contribution in [0.1, 0.15) is 46.5 Å².